The molecule has 2 fully saturated rings. The molecule has 5 rings (SSSR count). The Labute approximate surface area is 200 Å². The van der Waals surface area contributed by atoms with E-state index >= 15 is 0 Å². The van der Waals surface area contributed by atoms with Crippen molar-refractivity contribution in [1.29, 1.82) is 0 Å². The number of nitrogen functional groups attached to an aromatic ring is 1. The smallest absolute Gasteiger partial charge is 0.388 e. The lowest BCUT2D eigenvalue weighted by Crippen LogP contribution is -2.19. The molecule has 0 radical (unpaired) electrons. The van der Waals surface area contributed by atoms with Gasteiger partial charge in [0, 0.05) is 6.42 Å². The molecule has 0 amide bonds. The van der Waals surface area contributed by atoms with E-state index < -0.39 is 40.7 Å². The van der Waals surface area contributed by atoms with Gasteiger partial charge in [0.25, 0.3) is 0 Å². The molecule has 0 spiro atoms. The number of hydrogen-bond acceptors (Lipinski definition) is 11. The first-order valence-corrected chi connectivity index (χ1v) is 14.2. The lowest BCUT2D eigenvalue weighted by Gasteiger charge is -2.19. The summed E-state index contributed by atoms with van der Waals surface area (Å²) >= 11 is 0. The molecular formula is C19H27N5O9P2. The molecule has 3 heterocycles. The number of rotatable bonds is 11. The Hall–Kier alpha value is -1.73. The van der Waals surface area contributed by atoms with E-state index in [4.69, 9.17) is 19.5 Å². The van der Waals surface area contributed by atoms with Crippen LogP contribution in [0.4, 0.5) is 5.82 Å². The highest BCUT2D eigenvalue weighted by molar-refractivity contribution is 7.61. The summed E-state index contributed by atoms with van der Waals surface area (Å²) in [6, 6.07) is 0. The average Bonchev–Trinajstić information content (AvgIpc) is 3.18. The number of aromatic nitrogens is 4. The van der Waals surface area contributed by atoms with Gasteiger partial charge in [0.2, 0.25) is 0 Å². The first-order valence-electron chi connectivity index (χ1n) is 11.2. The number of allylic oxidation sites excluding steroid dienone is 2. The molecule has 5 unspecified atom stereocenters. The summed E-state index contributed by atoms with van der Waals surface area (Å²) in [5, 5.41) is 10.4. The van der Waals surface area contributed by atoms with Crippen LogP contribution in [-0.4, -0.2) is 59.8 Å². The van der Waals surface area contributed by atoms with E-state index in [0.717, 1.165) is 19.3 Å². The third kappa shape index (κ3) is 5.82. The van der Waals surface area contributed by atoms with Gasteiger partial charge in [-0.2, -0.15) is 4.31 Å². The average molecular weight is 531 g/mol. The van der Waals surface area contributed by atoms with Gasteiger partial charge in [-0.15, -0.1) is 0 Å². The third-order valence-corrected chi connectivity index (χ3v) is 9.03. The molecule has 0 bridgehead atoms. The summed E-state index contributed by atoms with van der Waals surface area (Å²) in [4.78, 5) is 31.8. The van der Waals surface area contributed by atoms with Crippen LogP contribution in [0.3, 0.4) is 0 Å². The molecule has 2 aromatic rings. The summed E-state index contributed by atoms with van der Waals surface area (Å²) in [6.07, 6.45) is 7.16. The van der Waals surface area contributed by atoms with Crippen LogP contribution in [0.2, 0.25) is 0 Å². The van der Waals surface area contributed by atoms with Gasteiger partial charge in [0.15, 0.2) is 17.7 Å². The summed E-state index contributed by atoms with van der Waals surface area (Å²) in [7, 11) is -9.77. The van der Waals surface area contributed by atoms with Crippen molar-refractivity contribution in [1.82, 2.24) is 19.5 Å². The molecule has 1 saturated carbocycles. The zero-order valence-electron chi connectivity index (χ0n) is 18.6. The molecule has 2 aliphatic carbocycles. The third-order valence-electron chi connectivity index (χ3n) is 6.43. The molecule has 2 aromatic heterocycles. The molecule has 3 aliphatic rings. The maximum Gasteiger partial charge on any atom is 0.481 e. The van der Waals surface area contributed by atoms with Gasteiger partial charge < -0.3 is 25.4 Å². The predicted molar refractivity (Wildman–Crippen MR) is 120 cm³/mol. The van der Waals surface area contributed by atoms with Crippen LogP contribution in [-0.2, 0) is 27.2 Å². The summed E-state index contributed by atoms with van der Waals surface area (Å²) in [5.41, 5.74) is 6.46. The van der Waals surface area contributed by atoms with Crippen LogP contribution in [0.15, 0.2) is 24.8 Å². The number of imidazole rings is 1. The Kier molecular flexibility index (Phi) is 6.86. The quantitative estimate of drug-likeness (QED) is 0.242. The number of aliphatic hydroxyl groups excluding tert-OH is 1. The van der Waals surface area contributed by atoms with Gasteiger partial charge in [-0.25, -0.2) is 24.1 Å². The number of nitrogens with two attached hydrogens (primary N) is 1. The van der Waals surface area contributed by atoms with Crippen molar-refractivity contribution in [2.75, 3.05) is 18.9 Å². The fourth-order valence-electron chi connectivity index (χ4n) is 4.38. The first kappa shape index (κ1) is 24.9. The summed E-state index contributed by atoms with van der Waals surface area (Å²) in [5.74, 6) is 1.26. The van der Waals surface area contributed by atoms with Crippen molar-refractivity contribution in [2.24, 2.45) is 17.8 Å². The second kappa shape index (κ2) is 9.62. The van der Waals surface area contributed by atoms with Crippen LogP contribution >= 0.6 is 15.6 Å². The fourth-order valence-corrected chi connectivity index (χ4v) is 6.54. The van der Waals surface area contributed by atoms with Gasteiger partial charge in [-0.1, -0.05) is 12.2 Å². The maximum atomic E-state index is 12.2. The topological polar surface area (TPSA) is 201 Å². The van der Waals surface area contributed by atoms with Gasteiger partial charge in [-0.3, -0.25) is 13.6 Å². The number of fused-ring (bicyclic) bond motifs is 1. The van der Waals surface area contributed by atoms with Gasteiger partial charge >= 0.3 is 15.6 Å². The molecule has 14 nitrogen and oxygen atoms in total. The van der Waals surface area contributed by atoms with Gasteiger partial charge in [-0.05, 0) is 37.0 Å². The zero-order chi connectivity index (χ0) is 24.8. The van der Waals surface area contributed by atoms with Crippen molar-refractivity contribution < 1.29 is 42.1 Å². The second-order valence-corrected chi connectivity index (χ2v) is 12.1. The van der Waals surface area contributed by atoms with Crippen LogP contribution in [0.5, 0.6) is 0 Å². The fraction of sp³-hybridized carbons (Fsp3) is 0.632. The number of ether oxygens (including phenoxy) is 1. The van der Waals surface area contributed by atoms with Crippen molar-refractivity contribution in [3.05, 3.63) is 24.8 Å². The minimum atomic E-state index is -4.95. The minimum Gasteiger partial charge on any atom is -0.388 e. The van der Waals surface area contributed by atoms with Crippen molar-refractivity contribution >= 4 is 32.6 Å². The maximum absolute atomic E-state index is 12.2. The first-order chi connectivity index (χ1) is 16.6. The summed E-state index contributed by atoms with van der Waals surface area (Å²) in [6.45, 7) is -0.522. The van der Waals surface area contributed by atoms with Crippen LogP contribution < -0.4 is 5.73 Å². The Morgan fingerprint density at radius 1 is 1.11 bits per heavy atom. The van der Waals surface area contributed by atoms with Gasteiger partial charge in [0.1, 0.15) is 17.9 Å². The van der Waals surface area contributed by atoms with E-state index in [0.29, 0.717) is 23.0 Å². The van der Waals surface area contributed by atoms with Crippen LogP contribution in [0, 0.1) is 17.8 Å². The molecule has 1 aliphatic heterocycles. The number of hydrogen-bond donors (Lipinski definition) is 4. The Balaban J connectivity index is 1.10. The summed E-state index contributed by atoms with van der Waals surface area (Å²) < 4.78 is 45.8. The zero-order valence-corrected chi connectivity index (χ0v) is 20.4. The predicted octanol–water partition coefficient (Wildman–Crippen LogP) is 1.91. The van der Waals surface area contributed by atoms with E-state index in [1.54, 1.807) is 0 Å². The van der Waals surface area contributed by atoms with E-state index in [2.05, 4.69) is 31.4 Å². The largest absolute Gasteiger partial charge is 0.481 e. The van der Waals surface area contributed by atoms with Crippen molar-refractivity contribution in [3.8, 4) is 0 Å². The highest BCUT2D eigenvalue weighted by Gasteiger charge is 2.43. The molecule has 1 saturated heterocycles. The number of phosphoric acid groups is 2. The minimum absolute atomic E-state index is 0.0403. The highest BCUT2D eigenvalue weighted by Crippen LogP contribution is 2.61. The Bertz CT molecular complexity index is 1210. The molecule has 35 heavy (non-hydrogen) atoms. The lowest BCUT2D eigenvalue weighted by atomic mass is 9.89. The lowest BCUT2D eigenvalue weighted by molar-refractivity contribution is -0.0481. The number of anilines is 1. The SMILES string of the molecule is Nc1ncnc2c1ncn2[C@@H]1O[C@H](COP(=O)(O)OP(=O)(O)OCC2C[C@H]2CC2C=CC2)CC1O. The number of aliphatic hydroxyl groups is 1. The molecule has 0 aromatic carbocycles. The highest BCUT2D eigenvalue weighted by atomic mass is 31.3. The number of nitrogens with zero attached hydrogens (tertiary/aromatic N) is 4. The van der Waals surface area contributed by atoms with Crippen molar-refractivity contribution in [2.45, 2.75) is 44.1 Å². The Morgan fingerprint density at radius 3 is 2.57 bits per heavy atom. The van der Waals surface area contributed by atoms with Crippen LogP contribution in [0.1, 0.15) is 31.9 Å². The van der Waals surface area contributed by atoms with E-state index in [9.17, 15) is 24.0 Å². The van der Waals surface area contributed by atoms with Gasteiger partial charge in [0.05, 0.1) is 25.6 Å². The second-order valence-electron chi connectivity index (χ2n) is 9.06. The van der Waals surface area contributed by atoms with Crippen LogP contribution in [0.25, 0.3) is 11.2 Å². The molecule has 5 N–H and O–H groups in total. The van der Waals surface area contributed by atoms with Crippen molar-refractivity contribution in [3.63, 3.8) is 0 Å². The van der Waals surface area contributed by atoms with E-state index in [1.807, 2.05) is 0 Å². The normalized spacial score (nSPS) is 33.3. The standard InChI is InChI=1S/C19H27N5O9P2/c20-17-16-18(22-9-21-17)24(10-23-16)19-15(25)6-14(32-19)8-31-35(28,29)33-34(26,27)30-7-13-5-12(13)4-11-2-1-3-11/h1-2,9-15,19,25H,3-8H2,(H,26,27)(H,28,29)(H2,20,21,22)/t11?,12-,13?,14+,15?,19-/m1/s1. The van der Waals surface area contributed by atoms with E-state index in [-0.39, 0.29) is 24.8 Å². The Morgan fingerprint density at radius 2 is 1.86 bits per heavy atom. The monoisotopic (exact) mass is 531 g/mol. The molecule has 8 atom stereocenters. The number of phosphoric ester groups is 2. The molecular weight excluding hydrogens is 504 g/mol. The molecule has 192 valence electrons. The van der Waals surface area contributed by atoms with E-state index in [1.165, 1.54) is 17.2 Å². The molecule has 16 heteroatoms.